The fourth-order valence-electron chi connectivity index (χ4n) is 2.61. The molecule has 0 atom stereocenters. The van der Waals surface area contributed by atoms with Crippen molar-refractivity contribution in [3.8, 4) is 0 Å². The largest absolute Gasteiger partial charge is 0.350 e. The van der Waals surface area contributed by atoms with Crippen molar-refractivity contribution in [2.75, 3.05) is 6.54 Å². The van der Waals surface area contributed by atoms with Crippen LogP contribution in [0.4, 0.5) is 0 Å². The number of carbonyl (C=O) groups is 1. The molecule has 0 saturated carbocycles. The number of nitrogens with one attached hydrogen (secondary N) is 1. The minimum absolute atomic E-state index is 0.00894. The maximum atomic E-state index is 12.3. The summed E-state index contributed by atoms with van der Waals surface area (Å²) in [4.78, 5) is 12.3. The van der Waals surface area contributed by atoms with Gasteiger partial charge in [0.25, 0.3) is 5.91 Å². The zero-order valence-electron chi connectivity index (χ0n) is 13.7. The molecule has 0 fully saturated rings. The molecule has 0 saturated heterocycles. The van der Waals surface area contributed by atoms with Crippen LogP contribution in [0.3, 0.4) is 0 Å². The zero-order chi connectivity index (χ0) is 15.3. The van der Waals surface area contributed by atoms with E-state index in [1.807, 2.05) is 13.0 Å². The molecule has 0 spiro atoms. The Kier molecular flexibility index (Phi) is 6.24. The van der Waals surface area contributed by atoms with Crippen LogP contribution in [0.5, 0.6) is 0 Å². The molecular weight excluding hydrogens is 250 g/mol. The van der Waals surface area contributed by atoms with Crippen LogP contribution in [-0.4, -0.2) is 22.2 Å². The van der Waals surface area contributed by atoms with E-state index in [9.17, 15) is 4.79 Å². The Morgan fingerprint density at radius 3 is 2.30 bits per heavy atom. The first-order valence-electron chi connectivity index (χ1n) is 7.75. The maximum absolute atomic E-state index is 12.3. The quantitative estimate of drug-likeness (QED) is 0.833. The third kappa shape index (κ3) is 4.09. The van der Waals surface area contributed by atoms with E-state index >= 15 is 0 Å². The lowest BCUT2D eigenvalue weighted by atomic mass is 9.85. The second kappa shape index (κ2) is 7.46. The number of nitrogens with zero attached hydrogens (tertiary/aromatic N) is 2. The zero-order valence-corrected chi connectivity index (χ0v) is 13.7. The van der Waals surface area contributed by atoms with Crippen LogP contribution in [0.1, 0.15) is 57.7 Å². The molecule has 1 N–H and O–H groups in total. The molecule has 0 aliphatic rings. The highest BCUT2D eigenvalue weighted by atomic mass is 16.2. The van der Waals surface area contributed by atoms with Gasteiger partial charge in [0.15, 0.2) is 0 Å². The number of aromatic nitrogens is 2. The smallest absolute Gasteiger partial charge is 0.269 e. The van der Waals surface area contributed by atoms with Crippen LogP contribution in [0.2, 0.25) is 0 Å². The van der Waals surface area contributed by atoms with Gasteiger partial charge >= 0.3 is 0 Å². The number of amides is 1. The monoisotopic (exact) mass is 279 g/mol. The summed E-state index contributed by atoms with van der Waals surface area (Å²) in [5.41, 5.74) is 1.65. The second-order valence-electron chi connectivity index (χ2n) is 6.05. The van der Waals surface area contributed by atoms with Gasteiger partial charge < -0.3 is 5.32 Å². The molecular formula is C16H29N3O. The average molecular weight is 279 g/mol. The molecule has 1 amide bonds. The van der Waals surface area contributed by atoms with Gasteiger partial charge in [-0.3, -0.25) is 9.48 Å². The number of hydrogen-bond acceptors (Lipinski definition) is 2. The van der Waals surface area contributed by atoms with Crippen LogP contribution in [-0.2, 0) is 13.0 Å². The Balaban J connectivity index is 2.73. The highest BCUT2D eigenvalue weighted by Crippen LogP contribution is 2.19. The van der Waals surface area contributed by atoms with E-state index < -0.39 is 0 Å². The standard InChI is InChI=1S/C16H29N3O/c1-7-13-9-15(19(8-2)18-13)16(20)17-10-14(11(3)4)12(5)6/h9,11-12,14H,7-8,10H2,1-6H3,(H,17,20). The van der Waals surface area contributed by atoms with Crippen molar-refractivity contribution >= 4 is 5.91 Å². The third-order valence-corrected chi connectivity index (χ3v) is 3.94. The lowest BCUT2D eigenvalue weighted by molar-refractivity contribution is 0.0926. The van der Waals surface area contributed by atoms with Gasteiger partial charge in [0.2, 0.25) is 0 Å². The first-order valence-corrected chi connectivity index (χ1v) is 7.75. The van der Waals surface area contributed by atoms with Gasteiger partial charge in [-0.2, -0.15) is 5.10 Å². The second-order valence-corrected chi connectivity index (χ2v) is 6.05. The molecule has 0 unspecified atom stereocenters. The Labute approximate surface area is 122 Å². The number of rotatable bonds is 7. The van der Waals surface area contributed by atoms with Crippen molar-refractivity contribution in [1.82, 2.24) is 15.1 Å². The van der Waals surface area contributed by atoms with Gasteiger partial charge in [-0.05, 0) is 37.2 Å². The minimum Gasteiger partial charge on any atom is -0.350 e. The summed E-state index contributed by atoms with van der Waals surface area (Å²) in [6, 6.07) is 1.90. The van der Waals surface area contributed by atoms with E-state index in [0.717, 1.165) is 25.2 Å². The van der Waals surface area contributed by atoms with Crippen LogP contribution in [0, 0.1) is 17.8 Å². The highest BCUT2D eigenvalue weighted by Gasteiger charge is 2.20. The summed E-state index contributed by atoms with van der Waals surface area (Å²) in [7, 11) is 0. The molecule has 0 bridgehead atoms. The molecule has 4 nitrogen and oxygen atoms in total. The van der Waals surface area contributed by atoms with E-state index in [0.29, 0.717) is 23.4 Å². The Morgan fingerprint density at radius 2 is 1.85 bits per heavy atom. The summed E-state index contributed by atoms with van der Waals surface area (Å²) in [5.74, 6) is 1.63. The molecule has 1 aromatic rings. The third-order valence-electron chi connectivity index (χ3n) is 3.94. The fourth-order valence-corrected chi connectivity index (χ4v) is 2.61. The average Bonchev–Trinajstić information content (AvgIpc) is 2.81. The Morgan fingerprint density at radius 1 is 1.25 bits per heavy atom. The Hall–Kier alpha value is -1.32. The number of hydrogen-bond donors (Lipinski definition) is 1. The molecule has 114 valence electrons. The fraction of sp³-hybridized carbons (Fsp3) is 0.750. The normalized spacial score (nSPS) is 11.7. The number of carbonyl (C=O) groups excluding carboxylic acids is 1. The lowest BCUT2D eigenvalue weighted by Gasteiger charge is -2.25. The molecule has 0 radical (unpaired) electrons. The molecule has 0 aliphatic carbocycles. The molecule has 1 heterocycles. The first kappa shape index (κ1) is 16.7. The summed E-state index contributed by atoms with van der Waals surface area (Å²) in [5, 5.41) is 7.50. The van der Waals surface area contributed by atoms with Crippen LogP contribution in [0.15, 0.2) is 6.07 Å². The van der Waals surface area contributed by atoms with Gasteiger partial charge in [0.1, 0.15) is 5.69 Å². The van der Waals surface area contributed by atoms with Gasteiger partial charge in [0.05, 0.1) is 5.69 Å². The molecule has 1 rings (SSSR count). The SMILES string of the molecule is CCc1cc(C(=O)NCC(C(C)C)C(C)C)n(CC)n1. The number of aryl methyl sites for hydroxylation is 2. The predicted molar refractivity (Wildman–Crippen MR) is 82.8 cm³/mol. The topological polar surface area (TPSA) is 46.9 Å². The van der Waals surface area contributed by atoms with Crippen molar-refractivity contribution in [3.05, 3.63) is 17.5 Å². The lowest BCUT2D eigenvalue weighted by Crippen LogP contribution is -2.34. The van der Waals surface area contributed by atoms with Crippen molar-refractivity contribution in [1.29, 1.82) is 0 Å². The molecule has 4 heteroatoms. The van der Waals surface area contributed by atoms with Crippen LogP contribution >= 0.6 is 0 Å². The summed E-state index contributed by atoms with van der Waals surface area (Å²) >= 11 is 0. The van der Waals surface area contributed by atoms with E-state index in [-0.39, 0.29) is 5.91 Å². The molecule has 0 aromatic carbocycles. The van der Waals surface area contributed by atoms with E-state index in [2.05, 4.69) is 45.0 Å². The van der Waals surface area contributed by atoms with E-state index in [1.165, 1.54) is 0 Å². The van der Waals surface area contributed by atoms with Crippen molar-refractivity contribution < 1.29 is 4.79 Å². The highest BCUT2D eigenvalue weighted by molar-refractivity contribution is 5.92. The molecule has 20 heavy (non-hydrogen) atoms. The summed E-state index contributed by atoms with van der Waals surface area (Å²) in [6.07, 6.45) is 0.855. The molecule has 0 aliphatic heterocycles. The van der Waals surface area contributed by atoms with Gasteiger partial charge in [0, 0.05) is 13.1 Å². The van der Waals surface area contributed by atoms with E-state index in [4.69, 9.17) is 0 Å². The van der Waals surface area contributed by atoms with E-state index in [1.54, 1.807) is 4.68 Å². The maximum Gasteiger partial charge on any atom is 0.269 e. The van der Waals surface area contributed by atoms with Crippen molar-refractivity contribution in [2.45, 2.75) is 54.5 Å². The molecule has 1 aromatic heterocycles. The summed E-state index contributed by atoms with van der Waals surface area (Å²) < 4.78 is 1.79. The summed E-state index contributed by atoms with van der Waals surface area (Å²) in [6.45, 7) is 14.4. The van der Waals surface area contributed by atoms with Crippen LogP contribution < -0.4 is 5.32 Å². The van der Waals surface area contributed by atoms with Gasteiger partial charge in [-0.25, -0.2) is 0 Å². The Bertz CT molecular complexity index is 427. The van der Waals surface area contributed by atoms with Crippen molar-refractivity contribution in [2.24, 2.45) is 17.8 Å². The van der Waals surface area contributed by atoms with Crippen molar-refractivity contribution in [3.63, 3.8) is 0 Å². The minimum atomic E-state index is -0.00894. The first-order chi connectivity index (χ1) is 9.40. The van der Waals surface area contributed by atoms with Gasteiger partial charge in [-0.15, -0.1) is 0 Å². The predicted octanol–water partition coefficient (Wildman–Crippen LogP) is 3.12. The van der Waals surface area contributed by atoms with Crippen LogP contribution in [0.25, 0.3) is 0 Å². The van der Waals surface area contributed by atoms with Gasteiger partial charge in [-0.1, -0.05) is 34.6 Å².